The van der Waals surface area contributed by atoms with Gasteiger partial charge in [-0.25, -0.2) is 0 Å². The van der Waals surface area contributed by atoms with Crippen molar-refractivity contribution in [1.82, 2.24) is 0 Å². The van der Waals surface area contributed by atoms with Crippen molar-refractivity contribution in [3.63, 3.8) is 0 Å². The summed E-state index contributed by atoms with van der Waals surface area (Å²) >= 11 is 0. The van der Waals surface area contributed by atoms with Gasteiger partial charge in [0.25, 0.3) is 0 Å². The van der Waals surface area contributed by atoms with Gasteiger partial charge in [0.05, 0.1) is 6.61 Å². The molecule has 5 heteroatoms. The van der Waals surface area contributed by atoms with E-state index in [1.165, 1.54) is 0 Å². The van der Waals surface area contributed by atoms with E-state index in [2.05, 4.69) is 0 Å². The second kappa shape index (κ2) is 8.61. The molecule has 0 aliphatic carbocycles. The molecule has 0 saturated heterocycles. The van der Waals surface area contributed by atoms with Crippen LogP contribution in [-0.2, 0) is 19.4 Å². The Hall–Kier alpha value is -4.22. The minimum atomic E-state index is -0.144. The summed E-state index contributed by atoms with van der Waals surface area (Å²) in [7, 11) is 0. The summed E-state index contributed by atoms with van der Waals surface area (Å²) in [6, 6.07) is 22.8. The average molecular weight is 453 g/mol. The molecule has 0 saturated carbocycles. The molecule has 0 aliphatic heterocycles. The summed E-state index contributed by atoms with van der Waals surface area (Å²) in [6.45, 7) is -0.144. The fraction of sp³-hybridized carbons (Fsp3) is 0.103. The number of benzene rings is 5. The maximum absolute atomic E-state index is 10.9. The van der Waals surface area contributed by atoms with Crippen molar-refractivity contribution < 1.29 is 25.5 Å². The van der Waals surface area contributed by atoms with Gasteiger partial charge in [-0.3, -0.25) is 0 Å². The summed E-state index contributed by atoms with van der Waals surface area (Å²) < 4.78 is 0. The van der Waals surface area contributed by atoms with E-state index in [1.807, 2.05) is 42.5 Å². The average Bonchev–Trinajstić information content (AvgIpc) is 2.83. The zero-order valence-corrected chi connectivity index (χ0v) is 18.4. The molecule has 5 N–H and O–H groups in total. The van der Waals surface area contributed by atoms with Gasteiger partial charge >= 0.3 is 0 Å². The van der Waals surface area contributed by atoms with Gasteiger partial charge in [0.2, 0.25) is 0 Å². The first kappa shape index (κ1) is 21.6. The van der Waals surface area contributed by atoms with Crippen molar-refractivity contribution in [2.45, 2.75) is 19.4 Å². The highest BCUT2D eigenvalue weighted by Gasteiger charge is 2.16. The lowest BCUT2D eigenvalue weighted by atomic mass is 9.89. The Morgan fingerprint density at radius 3 is 1.59 bits per heavy atom. The van der Waals surface area contributed by atoms with E-state index in [1.54, 1.807) is 36.4 Å². The molecule has 0 heterocycles. The van der Waals surface area contributed by atoms with E-state index >= 15 is 0 Å². The molecule has 0 fully saturated rings. The Morgan fingerprint density at radius 1 is 0.500 bits per heavy atom. The molecule has 5 aromatic carbocycles. The fourth-order valence-corrected chi connectivity index (χ4v) is 4.60. The Bertz CT molecular complexity index is 1540. The Labute approximate surface area is 196 Å². The van der Waals surface area contributed by atoms with Gasteiger partial charge < -0.3 is 25.5 Å². The summed E-state index contributed by atoms with van der Waals surface area (Å²) in [4.78, 5) is 0. The van der Waals surface area contributed by atoms with Crippen LogP contribution < -0.4 is 0 Å². The monoisotopic (exact) mass is 452 g/mol. The van der Waals surface area contributed by atoms with Gasteiger partial charge in [0, 0.05) is 23.6 Å². The molecule has 0 unspecified atom stereocenters. The predicted octanol–water partition coefficient (Wildman–Crippen LogP) is 5.49. The maximum Gasteiger partial charge on any atom is 0.126 e. The first-order valence-electron chi connectivity index (χ1n) is 11.0. The number of hydrogen-bond acceptors (Lipinski definition) is 5. The highest BCUT2D eigenvalue weighted by Crippen LogP contribution is 2.36. The lowest BCUT2D eigenvalue weighted by molar-refractivity contribution is 0.280. The second-order valence-corrected chi connectivity index (χ2v) is 8.52. The molecule has 0 aliphatic rings. The van der Waals surface area contributed by atoms with E-state index < -0.39 is 0 Å². The highest BCUT2D eigenvalue weighted by atomic mass is 16.3. The Morgan fingerprint density at radius 2 is 1.03 bits per heavy atom. The van der Waals surface area contributed by atoms with Crippen LogP contribution >= 0.6 is 0 Å². The van der Waals surface area contributed by atoms with Crippen LogP contribution in [0.5, 0.6) is 23.0 Å². The normalized spacial score (nSPS) is 11.3. The topological polar surface area (TPSA) is 101 Å². The lowest BCUT2D eigenvalue weighted by Crippen LogP contribution is -2.03. The molecule has 5 nitrogen and oxygen atoms in total. The third-order valence-electron chi connectivity index (χ3n) is 6.41. The number of hydrogen-bond donors (Lipinski definition) is 5. The second-order valence-electron chi connectivity index (χ2n) is 8.52. The number of phenolic OH excluding ortho intramolecular Hbond substituents is 4. The highest BCUT2D eigenvalue weighted by molar-refractivity contribution is 5.91. The smallest absolute Gasteiger partial charge is 0.126 e. The number of rotatable bonds is 5. The fourth-order valence-electron chi connectivity index (χ4n) is 4.60. The van der Waals surface area contributed by atoms with Gasteiger partial charge in [-0.15, -0.1) is 0 Å². The third-order valence-corrected chi connectivity index (χ3v) is 6.41. The number of aliphatic hydroxyl groups is 1. The molecular weight excluding hydrogens is 428 g/mol. The van der Waals surface area contributed by atoms with Crippen molar-refractivity contribution in [3.8, 4) is 23.0 Å². The largest absolute Gasteiger partial charge is 0.508 e. The van der Waals surface area contributed by atoms with Gasteiger partial charge in [0.1, 0.15) is 23.0 Å². The Balaban J connectivity index is 1.56. The van der Waals surface area contributed by atoms with Crippen LogP contribution in [0.1, 0.15) is 27.8 Å². The maximum atomic E-state index is 10.9. The first-order chi connectivity index (χ1) is 16.4. The van der Waals surface area contributed by atoms with Crippen molar-refractivity contribution in [3.05, 3.63) is 107 Å². The van der Waals surface area contributed by atoms with E-state index in [0.29, 0.717) is 29.2 Å². The summed E-state index contributed by atoms with van der Waals surface area (Å²) in [6.07, 6.45) is 0.838. The van der Waals surface area contributed by atoms with Crippen LogP contribution in [0.15, 0.2) is 78.9 Å². The van der Waals surface area contributed by atoms with Crippen LogP contribution in [-0.4, -0.2) is 25.5 Å². The van der Waals surface area contributed by atoms with Crippen molar-refractivity contribution in [2.24, 2.45) is 0 Å². The van der Waals surface area contributed by atoms with Gasteiger partial charge in [-0.1, -0.05) is 42.5 Å². The number of aromatic hydroxyl groups is 4. The number of aliphatic hydroxyl groups excluding tert-OH is 1. The minimum absolute atomic E-state index is 0.137. The first-order valence-corrected chi connectivity index (χ1v) is 11.0. The lowest BCUT2D eigenvalue weighted by Gasteiger charge is -2.17. The third kappa shape index (κ3) is 3.87. The van der Waals surface area contributed by atoms with E-state index in [0.717, 1.165) is 33.0 Å². The molecule has 5 aromatic rings. The van der Waals surface area contributed by atoms with Gasteiger partial charge in [-0.2, -0.15) is 0 Å². The zero-order chi connectivity index (χ0) is 23.8. The minimum Gasteiger partial charge on any atom is -0.508 e. The summed E-state index contributed by atoms with van der Waals surface area (Å²) in [5.74, 6) is 0.580. The Kier molecular flexibility index (Phi) is 5.48. The van der Waals surface area contributed by atoms with Gasteiger partial charge in [-0.05, 0) is 75.0 Å². The van der Waals surface area contributed by atoms with Crippen LogP contribution in [0.3, 0.4) is 0 Å². The van der Waals surface area contributed by atoms with E-state index in [-0.39, 0.29) is 29.6 Å². The number of phenols is 4. The van der Waals surface area contributed by atoms with Crippen LogP contribution in [0.25, 0.3) is 21.5 Å². The van der Waals surface area contributed by atoms with Crippen molar-refractivity contribution in [1.29, 1.82) is 0 Å². The predicted molar refractivity (Wildman–Crippen MR) is 133 cm³/mol. The van der Waals surface area contributed by atoms with Crippen LogP contribution in [0.2, 0.25) is 0 Å². The molecule has 0 radical (unpaired) electrons. The molecule has 5 rings (SSSR count). The van der Waals surface area contributed by atoms with Crippen LogP contribution in [0.4, 0.5) is 0 Å². The van der Waals surface area contributed by atoms with Gasteiger partial charge in [0.15, 0.2) is 0 Å². The van der Waals surface area contributed by atoms with E-state index in [4.69, 9.17) is 0 Å². The quantitative estimate of drug-likeness (QED) is 0.243. The molecule has 0 aromatic heterocycles. The standard InChI is InChI=1S/C29H24O5/c30-16-22-3-1-2-17(12-20-6-4-18-13-23(31)8-10-25(18)28(20)33)27(22)15-21-7-5-19-14-24(32)9-11-26(19)29(21)34/h1-11,13-14,30-34H,12,15-16H2. The molecule has 0 spiro atoms. The molecule has 34 heavy (non-hydrogen) atoms. The van der Waals surface area contributed by atoms with Crippen LogP contribution in [0, 0.1) is 0 Å². The molecular formula is C29H24O5. The molecule has 0 atom stereocenters. The molecule has 0 bridgehead atoms. The molecule has 170 valence electrons. The van der Waals surface area contributed by atoms with E-state index in [9.17, 15) is 25.5 Å². The van der Waals surface area contributed by atoms with Crippen molar-refractivity contribution >= 4 is 21.5 Å². The SMILES string of the molecule is OCc1cccc(Cc2ccc3cc(O)ccc3c2O)c1Cc1ccc2cc(O)ccc2c1O. The summed E-state index contributed by atoms with van der Waals surface area (Å²) in [5, 5.41) is 54.1. The van der Waals surface area contributed by atoms with Crippen molar-refractivity contribution in [2.75, 3.05) is 0 Å². The molecule has 0 amide bonds. The zero-order valence-electron chi connectivity index (χ0n) is 18.4. The summed E-state index contributed by atoms with van der Waals surface area (Å²) in [5.41, 5.74) is 4.02. The number of fused-ring (bicyclic) bond motifs is 2.